The van der Waals surface area contributed by atoms with E-state index in [2.05, 4.69) is 0 Å². The molecule has 0 fully saturated rings. The number of aliphatic imine (C=N–C) groups is 1. The zero-order valence-electron chi connectivity index (χ0n) is 18.5. The largest absolute Gasteiger partial charge is 0.504 e. The van der Waals surface area contributed by atoms with Crippen molar-refractivity contribution < 1.29 is 14.9 Å². The first kappa shape index (κ1) is 22.3. The number of hydrogen-bond acceptors (Lipinski definition) is 4. The van der Waals surface area contributed by atoms with Crippen LogP contribution in [0.1, 0.15) is 22.3 Å². The first-order valence-electron chi connectivity index (χ1n) is 10.9. The lowest BCUT2D eigenvalue weighted by molar-refractivity contribution is 0.0528. The molecule has 0 aliphatic heterocycles. The van der Waals surface area contributed by atoms with E-state index in [0.717, 1.165) is 16.7 Å². The Bertz CT molecular complexity index is 1150. The van der Waals surface area contributed by atoms with Gasteiger partial charge in [-0.2, -0.15) is 0 Å². The van der Waals surface area contributed by atoms with Gasteiger partial charge in [0.05, 0.1) is 13.2 Å². The minimum Gasteiger partial charge on any atom is -0.504 e. The van der Waals surface area contributed by atoms with Crippen molar-refractivity contribution in [3.05, 3.63) is 131 Å². The Balaban J connectivity index is 1.85. The third-order valence-corrected chi connectivity index (χ3v) is 5.83. The van der Waals surface area contributed by atoms with Gasteiger partial charge in [-0.3, -0.25) is 4.99 Å². The monoisotopic (exact) mass is 437 g/mol. The first-order valence-corrected chi connectivity index (χ1v) is 10.9. The maximum atomic E-state index is 12.3. The molecule has 4 aromatic rings. The highest BCUT2D eigenvalue weighted by atomic mass is 16.5. The van der Waals surface area contributed by atoms with Gasteiger partial charge in [0.25, 0.3) is 0 Å². The predicted molar refractivity (Wildman–Crippen MR) is 132 cm³/mol. The summed E-state index contributed by atoms with van der Waals surface area (Å²) in [5.41, 5.74) is 1.70. The normalized spacial score (nSPS) is 12.5. The molecule has 0 heterocycles. The van der Waals surface area contributed by atoms with Gasteiger partial charge >= 0.3 is 0 Å². The highest BCUT2D eigenvalue weighted by Crippen LogP contribution is 2.37. The van der Waals surface area contributed by atoms with Gasteiger partial charge < -0.3 is 14.9 Å². The van der Waals surface area contributed by atoms with Gasteiger partial charge in [-0.05, 0) is 35.2 Å². The molecule has 4 heteroatoms. The summed E-state index contributed by atoms with van der Waals surface area (Å²) in [6.07, 6.45) is 2.12. The number of aromatic hydroxyl groups is 1. The molecule has 0 unspecified atom stereocenters. The SMILES string of the molecule is COc1cccc(C=N[C@@H](Cc2ccccc2)C(O)(c2ccccc2)c2ccccc2)c1O. The highest BCUT2D eigenvalue weighted by molar-refractivity contribution is 5.85. The Morgan fingerprint density at radius 2 is 1.33 bits per heavy atom. The van der Waals surface area contributed by atoms with E-state index in [1.165, 1.54) is 7.11 Å². The van der Waals surface area contributed by atoms with Crippen molar-refractivity contribution in [1.82, 2.24) is 0 Å². The number of nitrogens with zero attached hydrogens (tertiary/aromatic N) is 1. The van der Waals surface area contributed by atoms with E-state index in [1.54, 1.807) is 24.4 Å². The van der Waals surface area contributed by atoms with Crippen LogP contribution in [0.4, 0.5) is 0 Å². The molecule has 1 atom stereocenters. The Hall–Kier alpha value is -3.89. The molecule has 0 radical (unpaired) electrons. The number of rotatable bonds is 8. The third kappa shape index (κ3) is 4.81. The van der Waals surface area contributed by atoms with Crippen molar-refractivity contribution in [1.29, 1.82) is 0 Å². The zero-order chi connectivity index (χ0) is 23.1. The van der Waals surface area contributed by atoms with Gasteiger partial charge in [0.15, 0.2) is 11.5 Å². The molecule has 4 nitrogen and oxygen atoms in total. The number of phenols is 1. The summed E-state index contributed by atoms with van der Waals surface area (Å²) in [4.78, 5) is 4.86. The fraction of sp³-hybridized carbons (Fsp3) is 0.138. The Morgan fingerprint density at radius 3 is 1.88 bits per heavy atom. The van der Waals surface area contributed by atoms with Crippen LogP contribution in [0.2, 0.25) is 0 Å². The average molecular weight is 438 g/mol. The average Bonchev–Trinajstić information content (AvgIpc) is 2.88. The van der Waals surface area contributed by atoms with E-state index in [0.29, 0.717) is 17.7 Å². The first-order chi connectivity index (χ1) is 16.1. The Morgan fingerprint density at radius 1 is 0.788 bits per heavy atom. The number of para-hydroxylation sites is 1. The minimum absolute atomic E-state index is 0.0187. The van der Waals surface area contributed by atoms with Gasteiger partial charge in [-0.25, -0.2) is 0 Å². The molecular formula is C29H27NO3. The Kier molecular flexibility index (Phi) is 6.86. The second kappa shape index (κ2) is 10.2. The summed E-state index contributed by atoms with van der Waals surface area (Å²) < 4.78 is 5.23. The van der Waals surface area contributed by atoms with Crippen molar-refractivity contribution in [3.8, 4) is 11.5 Å². The lowest BCUT2D eigenvalue weighted by Crippen LogP contribution is -2.41. The van der Waals surface area contributed by atoms with E-state index in [4.69, 9.17) is 9.73 Å². The molecule has 0 saturated carbocycles. The summed E-state index contributed by atoms with van der Waals surface area (Å²) >= 11 is 0. The predicted octanol–water partition coefficient (Wildman–Crippen LogP) is 5.37. The van der Waals surface area contributed by atoms with Crippen LogP contribution in [0.25, 0.3) is 0 Å². The van der Waals surface area contributed by atoms with Crippen LogP contribution in [0.5, 0.6) is 11.5 Å². The van der Waals surface area contributed by atoms with Crippen molar-refractivity contribution >= 4 is 6.21 Å². The number of methoxy groups -OCH3 is 1. The Labute approximate surface area is 194 Å². The van der Waals surface area contributed by atoms with Crippen molar-refractivity contribution in [2.75, 3.05) is 7.11 Å². The van der Waals surface area contributed by atoms with Crippen LogP contribution in [0.3, 0.4) is 0 Å². The number of hydrogen-bond donors (Lipinski definition) is 2. The molecule has 0 bridgehead atoms. The molecule has 0 amide bonds. The molecule has 0 spiro atoms. The maximum Gasteiger partial charge on any atom is 0.166 e. The zero-order valence-corrected chi connectivity index (χ0v) is 18.5. The van der Waals surface area contributed by atoms with Gasteiger partial charge in [0, 0.05) is 11.8 Å². The van der Waals surface area contributed by atoms with E-state index in [-0.39, 0.29) is 5.75 Å². The minimum atomic E-state index is -1.39. The molecule has 0 saturated heterocycles. The fourth-order valence-corrected chi connectivity index (χ4v) is 4.06. The highest BCUT2D eigenvalue weighted by Gasteiger charge is 2.40. The van der Waals surface area contributed by atoms with Crippen LogP contribution < -0.4 is 4.74 Å². The summed E-state index contributed by atoms with van der Waals surface area (Å²) in [6, 6.07) is 33.9. The molecule has 33 heavy (non-hydrogen) atoms. The molecular weight excluding hydrogens is 410 g/mol. The lowest BCUT2D eigenvalue weighted by Gasteiger charge is -2.35. The van der Waals surface area contributed by atoms with Gasteiger partial charge in [0.1, 0.15) is 5.60 Å². The maximum absolute atomic E-state index is 12.3. The second-order valence-electron chi connectivity index (χ2n) is 7.88. The summed E-state index contributed by atoms with van der Waals surface area (Å²) in [6.45, 7) is 0. The van der Waals surface area contributed by atoms with E-state index >= 15 is 0 Å². The summed E-state index contributed by atoms with van der Waals surface area (Å²) in [5, 5.41) is 22.9. The van der Waals surface area contributed by atoms with Crippen LogP contribution in [0, 0.1) is 0 Å². The molecule has 0 aliphatic carbocycles. The second-order valence-corrected chi connectivity index (χ2v) is 7.88. The molecule has 0 aliphatic rings. The standard InChI is InChI=1S/C29H27NO3/c1-33-26-19-11-14-23(28(26)31)21-30-27(20-22-12-5-2-6-13-22)29(32,24-15-7-3-8-16-24)25-17-9-4-10-18-25/h2-19,21,27,31-32H,20H2,1H3/t27-/m0/s1. The third-order valence-electron chi connectivity index (χ3n) is 5.83. The summed E-state index contributed by atoms with van der Waals surface area (Å²) in [7, 11) is 1.51. The van der Waals surface area contributed by atoms with Crippen LogP contribution in [-0.2, 0) is 12.0 Å². The smallest absolute Gasteiger partial charge is 0.166 e. The summed E-state index contributed by atoms with van der Waals surface area (Å²) in [5.74, 6) is 0.394. The van der Waals surface area contributed by atoms with Crippen molar-refractivity contribution in [3.63, 3.8) is 0 Å². The van der Waals surface area contributed by atoms with Crippen LogP contribution in [-0.4, -0.2) is 29.6 Å². The lowest BCUT2D eigenvalue weighted by atomic mass is 9.78. The van der Waals surface area contributed by atoms with Crippen molar-refractivity contribution in [2.24, 2.45) is 4.99 Å². The van der Waals surface area contributed by atoms with Crippen molar-refractivity contribution in [2.45, 2.75) is 18.1 Å². The van der Waals surface area contributed by atoms with Crippen LogP contribution >= 0.6 is 0 Å². The van der Waals surface area contributed by atoms with E-state index in [9.17, 15) is 10.2 Å². The topological polar surface area (TPSA) is 62.0 Å². The number of benzene rings is 4. The quantitative estimate of drug-likeness (QED) is 0.365. The molecule has 4 rings (SSSR count). The molecule has 0 aromatic heterocycles. The number of ether oxygens (including phenoxy) is 1. The van der Waals surface area contributed by atoms with Gasteiger partial charge in [-0.1, -0.05) is 97.1 Å². The number of phenolic OH excluding ortho intramolecular Hbond substituents is 1. The van der Waals surface area contributed by atoms with Gasteiger partial charge in [-0.15, -0.1) is 0 Å². The van der Waals surface area contributed by atoms with E-state index in [1.807, 2.05) is 91.0 Å². The molecule has 2 N–H and O–H groups in total. The van der Waals surface area contributed by atoms with Gasteiger partial charge in [0.2, 0.25) is 0 Å². The molecule has 4 aromatic carbocycles. The molecule has 166 valence electrons. The van der Waals surface area contributed by atoms with E-state index < -0.39 is 11.6 Å². The fourth-order valence-electron chi connectivity index (χ4n) is 4.06. The number of aliphatic hydroxyl groups is 1. The van der Waals surface area contributed by atoms with Crippen LogP contribution in [0.15, 0.2) is 114 Å².